The Bertz CT molecular complexity index is 1070. The van der Waals surface area contributed by atoms with Crippen LogP contribution in [-0.4, -0.2) is 6.61 Å². The predicted octanol–water partition coefficient (Wildman–Crippen LogP) is 9.74. The van der Waals surface area contributed by atoms with E-state index in [1.165, 1.54) is 74.4 Å². The highest BCUT2D eigenvalue weighted by atomic mass is 19.3. The summed E-state index contributed by atoms with van der Waals surface area (Å²) in [5, 5.41) is 0. The van der Waals surface area contributed by atoms with Gasteiger partial charge in [-0.05, 0) is 85.0 Å². The largest absolute Gasteiger partial charge is 0.454 e. The molecule has 4 rings (SSSR count). The minimum atomic E-state index is -2.95. The molecule has 1 saturated carbocycles. The van der Waals surface area contributed by atoms with Gasteiger partial charge in [-0.1, -0.05) is 51.5 Å². The van der Waals surface area contributed by atoms with Crippen LogP contribution in [0, 0.1) is 17.6 Å². The zero-order valence-corrected chi connectivity index (χ0v) is 19.1. The lowest BCUT2D eigenvalue weighted by Gasteiger charge is -2.28. The average molecular weight is 489 g/mol. The Labute approximate surface area is 204 Å². The number of rotatable bonds is 8. The first-order valence-corrected chi connectivity index (χ1v) is 11.8. The van der Waals surface area contributed by atoms with Gasteiger partial charge in [0.15, 0.2) is 11.6 Å². The molecular weight excluding hydrogens is 456 g/mol. The molecule has 0 amide bonds. The summed E-state index contributed by atoms with van der Waals surface area (Å²) in [4.78, 5) is 0. The van der Waals surface area contributed by atoms with E-state index >= 15 is 0 Å². The number of ether oxygens (including phenoxy) is 2. The van der Waals surface area contributed by atoms with Crippen LogP contribution >= 0.6 is 0 Å². The number of benzene rings is 3. The maximum atomic E-state index is 14.7. The van der Waals surface area contributed by atoms with Crippen LogP contribution in [0.2, 0.25) is 0 Å². The Kier molecular flexibility index (Phi) is 9.19. The third-order valence-corrected chi connectivity index (χ3v) is 6.56. The molecule has 2 nitrogen and oxygen atoms in total. The van der Waals surface area contributed by atoms with Crippen LogP contribution in [0.5, 0.6) is 17.2 Å². The summed E-state index contributed by atoms with van der Waals surface area (Å²) in [5.74, 6) is -0.916. The van der Waals surface area contributed by atoms with Crippen molar-refractivity contribution in [3.63, 3.8) is 0 Å². The molecule has 3 aromatic carbocycles. The molecule has 0 saturated heterocycles. The molecule has 0 aromatic heterocycles. The molecular formula is C29H32F4O2. The molecule has 35 heavy (non-hydrogen) atoms. The van der Waals surface area contributed by atoms with Crippen molar-refractivity contribution in [2.45, 2.75) is 65.4 Å². The van der Waals surface area contributed by atoms with Crippen molar-refractivity contribution < 1.29 is 27.0 Å². The van der Waals surface area contributed by atoms with Crippen LogP contribution in [0.3, 0.4) is 0 Å². The van der Waals surface area contributed by atoms with E-state index in [2.05, 4.69) is 23.8 Å². The molecule has 1 aliphatic carbocycles. The third-order valence-electron chi connectivity index (χ3n) is 6.56. The zero-order chi connectivity index (χ0) is 24.1. The maximum absolute atomic E-state index is 14.7. The smallest absolute Gasteiger partial charge is 0.387 e. The lowest BCUT2D eigenvalue weighted by molar-refractivity contribution is -0.0498. The van der Waals surface area contributed by atoms with Crippen molar-refractivity contribution in [3.05, 3.63) is 77.9 Å². The van der Waals surface area contributed by atoms with Gasteiger partial charge in [-0.3, -0.25) is 0 Å². The second kappa shape index (κ2) is 12.1. The summed E-state index contributed by atoms with van der Waals surface area (Å²) in [5.41, 5.74) is 2.37. The minimum Gasteiger partial charge on any atom is -0.454 e. The first kappa shape index (κ1) is 26.6. The van der Waals surface area contributed by atoms with Gasteiger partial charge in [-0.25, -0.2) is 4.39 Å². The highest BCUT2D eigenvalue weighted by Crippen LogP contribution is 2.40. The van der Waals surface area contributed by atoms with E-state index in [1.807, 2.05) is 12.1 Å². The van der Waals surface area contributed by atoms with Gasteiger partial charge in [0.25, 0.3) is 0 Å². The lowest BCUT2D eigenvalue weighted by Crippen LogP contribution is -2.13. The van der Waals surface area contributed by atoms with Crippen molar-refractivity contribution >= 4 is 0 Å². The number of alkyl halides is 2. The monoisotopic (exact) mass is 488 g/mol. The minimum absolute atomic E-state index is 0. The van der Waals surface area contributed by atoms with Crippen molar-refractivity contribution in [1.29, 1.82) is 0 Å². The van der Waals surface area contributed by atoms with Crippen LogP contribution in [-0.2, 0) is 0 Å². The summed E-state index contributed by atoms with van der Waals surface area (Å²) in [6, 6.07) is 15.8. The third kappa shape index (κ3) is 6.56. The summed E-state index contributed by atoms with van der Waals surface area (Å²) >= 11 is 0. The van der Waals surface area contributed by atoms with Gasteiger partial charge in [0.2, 0.25) is 5.82 Å². The van der Waals surface area contributed by atoms with E-state index < -0.39 is 18.2 Å². The lowest BCUT2D eigenvalue weighted by atomic mass is 9.77. The molecule has 0 radical (unpaired) electrons. The van der Waals surface area contributed by atoms with Gasteiger partial charge in [-0.2, -0.15) is 13.2 Å². The van der Waals surface area contributed by atoms with E-state index in [0.29, 0.717) is 17.0 Å². The fourth-order valence-corrected chi connectivity index (χ4v) is 4.79. The molecule has 0 heterocycles. The fourth-order valence-electron chi connectivity index (χ4n) is 4.79. The van der Waals surface area contributed by atoms with E-state index in [4.69, 9.17) is 4.74 Å². The number of hydrogen-bond acceptors (Lipinski definition) is 2. The Morgan fingerprint density at radius 1 is 0.829 bits per heavy atom. The summed E-state index contributed by atoms with van der Waals surface area (Å²) in [6.45, 7) is -0.716. The van der Waals surface area contributed by atoms with E-state index in [-0.39, 0.29) is 24.7 Å². The second-order valence-corrected chi connectivity index (χ2v) is 8.82. The number of hydrogen-bond donors (Lipinski definition) is 0. The molecule has 6 heteroatoms. The number of halogens is 4. The van der Waals surface area contributed by atoms with Gasteiger partial charge in [0.1, 0.15) is 11.5 Å². The quantitative estimate of drug-likeness (QED) is 0.294. The summed E-state index contributed by atoms with van der Waals surface area (Å²) in [6.07, 6.45) is 7.39. The van der Waals surface area contributed by atoms with Crippen LogP contribution in [0.15, 0.2) is 60.7 Å². The van der Waals surface area contributed by atoms with Gasteiger partial charge in [0, 0.05) is 5.56 Å². The van der Waals surface area contributed by atoms with Crippen LogP contribution in [0.1, 0.15) is 64.4 Å². The molecule has 0 unspecified atom stereocenters. The highest BCUT2D eigenvalue weighted by Gasteiger charge is 2.22. The van der Waals surface area contributed by atoms with Crippen molar-refractivity contribution in [2.75, 3.05) is 0 Å². The second-order valence-electron chi connectivity index (χ2n) is 8.82. The van der Waals surface area contributed by atoms with E-state index in [1.54, 1.807) is 0 Å². The molecule has 0 spiro atoms. The van der Waals surface area contributed by atoms with Crippen molar-refractivity contribution in [2.24, 2.45) is 5.92 Å². The zero-order valence-electron chi connectivity index (χ0n) is 19.1. The highest BCUT2D eigenvalue weighted by molar-refractivity contribution is 5.71. The van der Waals surface area contributed by atoms with Crippen LogP contribution < -0.4 is 9.47 Å². The van der Waals surface area contributed by atoms with E-state index in [0.717, 1.165) is 12.0 Å². The van der Waals surface area contributed by atoms with Gasteiger partial charge in [0.05, 0.1) is 0 Å². The SMILES string of the molecule is C.CCCC1CCC(c2ccc(-c3ccc(F)c(F)c3Oc3ccc(OC(F)F)cc3)cc2)CC1. The topological polar surface area (TPSA) is 18.5 Å². The maximum Gasteiger partial charge on any atom is 0.387 e. The van der Waals surface area contributed by atoms with Crippen LogP contribution in [0.4, 0.5) is 17.6 Å². The molecule has 0 aliphatic heterocycles. The standard InChI is InChI=1S/C28H28F4O2.CH4/c1-2-3-18-4-6-19(7-5-18)20-8-10-21(11-9-20)24-16-17-25(29)26(30)27(24)33-22-12-14-23(15-13-22)34-28(31)32;/h8-19,28H,2-7H2,1H3;1H4. The van der Waals surface area contributed by atoms with Crippen molar-refractivity contribution in [3.8, 4) is 28.4 Å². The average Bonchev–Trinajstić information content (AvgIpc) is 2.84. The Hall–Kier alpha value is -3.02. The molecule has 188 valence electrons. The summed E-state index contributed by atoms with van der Waals surface area (Å²) < 4.78 is 63.4. The molecule has 1 aliphatic rings. The molecule has 1 fully saturated rings. The van der Waals surface area contributed by atoms with E-state index in [9.17, 15) is 17.6 Å². The van der Waals surface area contributed by atoms with Gasteiger partial charge < -0.3 is 9.47 Å². The molecule has 3 aromatic rings. The molecule has 0 atom stereocenters. The first-order chi connectivity index (χ1) is 16.4. The normalized spacial score (nSPS) is 17.7. The Morgan fingerprint density at radius 3 is 2.06 bits per heavy atom. The Balaban J connectivity index is 0.00000342. The predicted molar refractivity (Wildman–Crippen MR) is 131 cm³/mol. The fraction of sp³-hybridized carbons (Fsp3) is 0.379. The van der Waals surface area contributed by atoms with Crippen molar-refractivity contribution in [1.82, 2.24) is 0 Å². The molecule has 0 N–H and O–H groups in total. The first-order valence-electron chi connectivity index (χ1n) is 11.8. The van der Waals surface area contributed by atoms with Gasteiger partial charge in [-0.15, -0.1) is 0 Å². The van der Waals surface area contributed by atoms with Crippen LogP contribution in [0.25, 0.3) is 11.1 Å². The summed E-state index contributed by atoms with van der Waals surface area (Å²) in [7, 11) is 0. The molecule has 0 bridgehead atoms. The Morgan fingerprint density at radius 2 is 1.46 bits per heavy atom. The van der Waals surface area contributed by atoms with Gasteiger partial charge >= 0.3 is 6.61 Å².